The Bertz CT molecular complexity index is 380. The first-order chi connectivity index (χ1) is 8.47. The third-order valence-electron chi connectivity index (χ3n) is 3.87. The summed E-state index contributed by atoms with van der Waals surface area (Å²) in [6.45, 7) is 7.15. The molecule has 1 fully saturated rings. The van der Waals surface area contributed by atoms with Gasteiger partial charge in [-0.3, -0.25) is 0 Å². The van der Waals surface area contributed by atoms with E-state index in [1.165, 1.54) is 12.8 Å². The predicted octanol–water partition coefficient (Wildman–Crippen LogP) is 3.39. The molecule has 0 bridgehead atoms. The molecule has 1 N–H and O–H groups in total. The van der Waals surface area contributed by atoms with Crippen molar-refractivity contribution in [1.82, 2.24) is 4.90 Å². The van der Waals surface area contributed by atoms with Gasteiger partial charge in [-0.2, -0.15) is 0 Å². The molecule has 1 saturated heterocycles. The summed E-state index contributed by atoms with van der Waals surface area (Å²) in [5.41, 5.74) is 0.227. The molecule has 18 heavy (non-hydrogen) atoms. The molecule has 3 heteroatoms. The van der Waals surface area contributed by atoms with Gasteiger partial charge >= 0.3 is 0 Å². The van der Waals surface area contributed by atoms with Crippen LogP contribution in [-0.2, 0) is 5.60 Å². The minimum Gasteiger partial charge on any atom is -0.384 e. The van der Waals surface area contributed by atoms with Crippen LogP contribution in [0.15, 0.2) is 28.7 Å². The third kappa shape index (κ3) is 3.56. The van der Waals surface area contributed by atoms with Crippen LogP contribution in [0.1, 0.15) is 32.3 Å². The first-order valence-electron chi connectivity index (χ1n) is 6.68. The average molecular weight is 312 g/mol. The van der Waals surface area contributed by atoms with Gasteiger partial charge in [-0.1, -0.05) is 35.0 Å². The average Bonchev–Trinajstić information content (AvgIpc) is 2.32. The number of benzene rings is 1. The quantitative estimate of drug-likeness (QED) is 0.925. The van der Waals surface area contributed by atoms with Crippen molar-refractivity contribution in [3.63, 3.8) is 0 Å². The van der Waals surface area contributed by atoms with Gasteiger partial charge in [0.15, 0.2) is 0 Å². The van der Waals surface area contributed by atoms with Crippen molar-refractivity contribution in [1.29, 1.82) is 0 Å². The molecule has 0 aliphatic carbocycles. The summed E-state index contributed by atoms with van der Waals surface area (Å²) in [6, 6.07) is 7.97. The fraction of sp³-hybridized carbons (Fsp3) is 0.600. The smallest absolute Gasteiger partial charge is 0.0994 e. The second-order valence-electron chi connectivity index (χ2n) is 5.74. The number of hydrogen-bond donors (Lipinski definition) is 1. The molecule has 1 aromatic rings. The van der Waals surface area contributed by atoms with Crippen LogP contribution in [0.5, 0.6) is 0 Å². The molecule has 0 aromatic heterocycles. The zero-order valence-electron chi connectivity index (χ0n) is 11.2. The van der Waals surface area contributed by atoms with Gasteiger partial charge in [-0.25, -0.2) is 0 Å². The van der Waals surface area contributed by atoms with E-state index in [4.69, 9.17) is 0 Å². The fourth-order valence-electron chi connectivity index (χ4n) is 2.56. The van der Waals surface area contributed by atoms with E-state index in [9.17, 15) is 5.11 Å². The summed E-state index contributed by atoms with van der Waals surface area (Å²) in [4.78, 5) is 2.38. The number of aliphatic hydroxyl groups is 1. The Balaban J connectivity index is 2.00. The van der Waals surface area contributed by atoms with Crippen LogP contribution in [-0.4, -0.2) is 29.6 Å². The van der Waals surface area contributed by atoms with Crippen LogP contribution in [0.25, 0.3) is 0 Å². The highest BCUT2D eigenvalue weighted by Gasteiger charge is 2.27. The van der Waals surface area contributed by atoms with Crippen LogP contribution < -0.4 is 0 Å². The van der Waals surface area contributed by atoms with Gasteiger partial charge in [0.1, 0.15) is 0 Å². The van der Waals surface area contributed by atoms with Gasteiger partial charge in [0, 0.05) is 11.0 Å². The Hall–Kier alpha value is -0.380. The summed E-state index contributed by atoms with van der Waals surface area (Å²) >= 11 is 3.43. The summed E-state index contributed by atoms with van der Waals surface area (Å²) in [5.74, 6) is 0.832. The molecule has 100 valence electrons. The summed E-state index contributed by atoms with van der Waals surface area (Å²) in [7, 11) is 0. The largest absolute Gasteiger partial charge is 0.384 e. The zero-order valence-corrected chi connectivity index (χ0v) is 12.8. The molecule has 0 radical (unpaired) electrons. The van der Waals surface area contributed by atoms with Crippen molar-refractivity contribution in [2.75, 3.05) is 19.6 Å². The number of rotatable bonds is 3. The molecule has 1 heterocycles. The molecule has 0 saturated carbocycles. The Morgan fingerprint density at radius 1 is 1.28 bits per heavy atom. The van der Waals surface area contributed by atoms with Crippen molar-refractivity contribution in [3.8, 4) is 0 Å². The summed E-state index contributed by atoms with van der Waals surface area (Å²) in [5, 5.41) is 10.6. The monoisotopic (exact) mass is 311 g/mol. The van der Waals surface area contributed by atoms with Gasteiger partial charge in [-0.15, -0.1) is 0 Å². The van der Waals surface area contributed by atoms with Crippen LogP contribution >= 0.6 is 15.9 Å². The molecule has 2 rings (SSSR count). The highest BCUT2D eigenvalue weighted by molar-refractivity contribution is 9.10. The number of β-amino-alcohol motifs (C(OH)–C–C–N with tert-alkyl or cyclic N) is 1. The van der Waals surface area contributed by atoms with E-state index in [-0.39, 0.29) is 0 Å². The van der Waals surface area contributed by atoms with Gasteiger partial charge in [0.05, 0.1) is 5.60 Å². The van der Waals surface area contributed by atoms with Crippen molar-refractivity contribution in [3.05, 3.63) is 34.3 Å². The van der Waals surface area contributed by atoms with Gasteiger partial charge in [0.25, 0.3) is 0 Å². The standard InChI is InChI=1S/C15H22BrNO/c1-12-7-9-17(10-8-12)11-15(2,18)13-3-5-14(16)6-4-13/h3-6,12,18H,7-11H2,1-2H3. The summed E-state index contributed by atoms with van der Waals surface area (Å²) in [6.07, 6.45) is 2.49. The molecule has 2 nitrogen and oxygen atoms in total. The van der Waals surface area contributed by atoms with Crippen molar-refractivity contribution in [2.24, 2.45) is 5.92 Å². The van der Waals surface area contributed by atoms with Crippen molar-refractivity contribution >= 4 is 15.9 Å². The molecule has 1 aliphatic heterocycles. The van der Waals surface area contributed by atoms with E-state index in [0.717, 1.165) is 35.6 Å². The lowest BCUT2D eigenvalue weighted by molar-refractivity contribution is 0.00655. The van der Waals surface area contributed by atoms with E-state index in [1.54, 1.807) is 0 Å². The Labute approximate surface area is 118 Å². The van der Waals surface area contributed by atoms with Crippen molar-refractivity contribution < 1.29 is 5.11 Å². The molecular formula is C15H22BrNO. The number of hydrogen-bond acceptors (Lipinski definition) is 2. The third-order valence-corrected chi connectivity index (χ3v) is 4.40. The minimum atomic E-state index is -0.763. The maximum Gasteiger partial charge on any atom is 0.0994 e. The maximum atomic E-state index is 10.6. The van der Waals surface area contributed by atoms with Crippen LogP contribution in [0.3, 0.4) is 0 Å². The fourth-order valence-corrected chi connectivity index (χ4v) is 2.82. The molecule has 1 aromatic carbocycles. The first kappa shape index (κ1) is 14.0. The van der Waals surface area contributed by atoms with E-state index in [2.05, 4.69) is 27.8 Å². The maximum absolute atomic E-state index is 10.6. The lowest BCUT2D eigenvalue weighted by atomic mass is 9.93. The molecule has 1 aliphatic rings. The van der Waals surface area contributed by atoms with Gasteiger partial charge in [0.2, 0.25) is 0 Å². The van der Waals surface area contributed by atoms with Crippen LogP contribution in [0.4, 0.5) is 0 Å². The Kier molecular flexibility index (Phi) is 4.46. The van der Waals surface area contributed by atoms with Crippen molar-refractivity contribution in [2.45, 2.75) is 32.3 Å². The lowest BCUT2D eigenvalue weighted by Crippen LogP contribution is -2.42. The van der Waals surface area contributed by atoms with E-state index in [0.29, 0.717) is 0 Å². The molecule has 1 atom stereocenters. The highest BCUT2D eigenvalue weighted by Crippen LogP contribution is 2.26. The topological polar surface area (TPSA) is 23.5 Å². The number of piperidine rings is 1. The number of likely N-dealkylation sites (tertiary alicyclic amines) is 1. The lowest BCUT2D eigenvalue weighted by Gasteiger charge is -2.36. The predicted molar refractivity (Wildman–Crippen MR) is 78.6 cm³/mol. The number of nitrogens with zero attached hydrogens (tertiary/aromatic N) is 1. The van der Waals surface area contributed by atoms with Crippen LogP contribution in [0.2, 0.25) is 0 Å². The summed E-state index contributed by atoms with van der Waals surface area (Å²) < 4.78 is 1.05. The molecule has 1 unspecified atom stereocenters. The number of halogens is 1. The van der Waals surface area contributed by atoms with E-state index >= 15 is 0 Å². The molecular weight excluding hydrogens is 290 g/mol. The normalized spacial score (nSPS) is 21.8. The highest BCUT2D eigenvalue weighted by atomic mass is 79.9. The van der Waals surface area contributed by atoms with Gasteiger partial charge in [-0.05, 0) is 56.5 Å². The molecule has 0 amide bonds. The Morgan fingerprint density at radius 2 is 1.83 bits per heavy atom. The zero-order chi connectivity index (χ0) is 13.2. The minimum absolute atomic E-state index is 0.724. The second kappa shape index (κ2) is 5.72. The SMILES string of the molecule is CC1CCN(CC(C)(O)c2ccc(Br)cc2)CC1. The Morgan fingerprint density at radius 3 is 2.39 bits per heavy atom. The van der Waals surface area contributed by atoms with E-state index < -0.39 is 5.60 Å². The first-order valence-corrected chi connectivity index (χ1v) is 7.47. The molecule has 0 spiro atoms. The van der Waals surface area contributed by atoms with E-state index in [1.807, 2.05) is 31.2 Å². The van der Waals surface area contributed by atoms with Gasteiger partial charge < -0.3 is 10.0 Å². The second-order valence-corrected chi connectivity index (χ2v) is 6.66. The van der Waals surface area contributed by atoms with Crippen LogP contribution in [0, 0.1) is 5.92 Å².